The van der Waals surface area contributed by atoms with E-state index in [9.17, 15) is 9.59 Å². The lowest BCUT2D eigenvalue weighted by Crippen LogP contribution is -1.93. The summed E-state index contributed by atoms with van der Waals surface area (Å²) >= 11 is 0. The summed E-state index contributed by atoms with van der Waals surface area (Å²) in [5.74, 6) is -1.33. The summed E-state index contributed by atoms with van der Waals surface area (Å²) in [7, 11) is 0. The largest absolute Gasteiger partial charge is 0.481 e. The molecular weight excluding hydrogens is 336 g/mol. The molecule has 0 fully saturated rings. The minimum atomic E-state index is -0.663. The lowest BCUT2D eigenvalue weighted by atomic mass is 10.1. The first-order chi connectivity index (χ1) is 11.5. The van der Waals surface area contributed by atoms with Gasteiger partial charge in [0.25, 0.3) is 0 Å². The molecule has 0 aromatic carbocycles. The van der Waals surface area contributed by atoms with Crippen molar-refractivity contribution < 1.29 is 19.8 Å². The zero-order chi connectivity index (χ0) is 18.5. The standard InChI is InChI=1S/2C10H20O2.H2S/c2*1-2-3-4-5-6-7-8-9-10(11)12;/h2*2-9H2,1H3,(H,11,12);1H2. The van der Waals surface area contributed by atoms with Crippen LogP contribution in [0.1, 0.15) is 117 Å². The maximum absolute atomic E-state index is 10.1. The van der Waals surface area contributed by atoms with Crippen LogP contribution in [0.5, 0.6) is 0 Å². The second kappa shape index (κ2) is 25.5. The third kappa shape index (κ3) is 35.3. The molecule has 0 aliphatic carbocycles. The van der Waals surface area contributed by atoms with E-state index in [0.29, 0.717) is 12.8 Å². The quantitative estimate of drug-likeness (QED) is 0.299. The van der Waals surface area contributed by atoms with Crippen LogP contribution in [0.4, 0.5) is 0 Å². The number of carbonyl (C=O) groups is 2. The Morgan fingerprint density at radius 3 is 1.00 bits per heavy atom. The summed E-state index contributed by atoms with van der Waals surface area (Å²) in [6.07, 6.45) is 17.3. The SMILES string of the molecule is CCCCCCCCCC(=O)O.CCCCCCCCCC(=O)O.S. The van der Waals surface area contributed by atoms with Crippen molar-refractivity contribution in [2.24, 2.45) is 0 Å². The molecule has 2 N–H and O–H groups in total. The molecule has 0 bridgehead atoms. The lowest BCUT2D eigenvalue weighted by molar-refractivity contribution is -0.138. The normalized spacial score (nSPS) is 9.68. The molecule has 0 aliphatic heterocycles. The summed E-state index contributed by atoms with van der Waals surface area (Å²) in [4.78, 5) is 20.3. The Morgan fingerprint density at radius 1 is 0.520 bits per heavy atom. The minimum Gasteiger partial charge on any atom is -0.481 e. The third-order valence-electron chi connectivity index (χ3n) is 3.99. The molecular formula is C20H42O4S. The second-order valence-corrected chi connectivity index (χ2v) is 6.53. The molecule has 0 aromatic rings. The van der Waals surface area contributed by atoms with Gasteiger partial charge in [0.05, 0.1) is 0 Å². The van der Waals surface area contributed by atoms with Crippen LogP contribution in [0.3, 0.4) is 0 Å². The number of rotatable bonds is 16. The molecule has 0 aliphatic rings. The van der Waals surface area contributed by atoms with Crippen molar-refractivity contribution in [3.05, 3.63) is 0 Å². The molecule has 0 radical (unpaired) electrons. The first-order valence-corrected chi connectivity index (χ1v) is 9.98. The highest BCUT2D eigenvalue weighted by Crippen LogP contribution is 2.08. The van der Waals surface area contributed by atoms with Gasteiger partial charge in [0.2, 0.25) is 0 Å². The maximum Gasteiger partial charge on any atom is 0.303 e. The molecule has 4 nitrogen and oxygen atoms in total. The van der Waals surface area contributed by atoms with E-state index in [1.807, 2.05) is 0 Å². The number of hydrogen-bond acceptors (Lipinski definition) is 2. The van der Waals surface area contributed by atoms with E-state index in [2.05, 4.69) is 13.8 Å². The highest BCUT2D eigenvalue weighted by molar-refractivity contribution is 7.59. The van der Waals surface area contributed by atoms with Crippen LogP contribution in [0.2, 0.25) is 0 Å². The van der Waals surface area contributed by atoms with Crippen LogP contribution < -0.4 is 0 Å². The van der Waals surface area contributed by atoms with Gasteiger partial charge in [-0.25, -0.2) is 0 Å². The van der Waals surface area contributed by atoms with Crippen molar-refractivity contribution in [1.82, 2.24) is 0 Å². The zero-order valence-corrected chi connectivity index (χ0v) is 17.5. The molecule has 0 unspecified atom stereocenters. The molecule has 0 aromatic heterocycles. The van der Waals surface area contributed by atoms with Gasteiger partial charge in [-0.3, -0.25) is 9.59 Å². The van der Waals surface area contributed by atoms with Crippen LogP contribution in [0.15, 0.2) is 0 Å². The lowest BCUT2D eigenvalue weighted by Gasteiger charge is -1.98. The highest BCUT2D eigenvalue weighted by Gasteiger charge is 1.96. The average Bonchev–Trinajstić information content (AvgIpc) is 2.53. The van der Waals surface area contributed by atoms with Crippen molar-refractivity contribution in [3.63, 3.8) is 0 Å². The fraction of sp³-hybridized carbons (Fsp3) is 0.900. The first-order valence-electron chi connectivity index (χ1n) is 9.98. The van der Waals surface area contributed by atoms with Crippen LogP contribution in [-0.2, 0) is 9.59 Å². The Hall–Kier alpha value is -0.710. The molecule has 5 heteroatoms. The molecule has 0 atom stereocenters. The maximum atomic E-state index is 10.1. The van der Waals surface area contributed by atoms with E-state index in [1.165, 1.54) is 64.2 Å². The Balaban J connectivity index is -0.000000372. The van der Waals surface area contributed by atoms with E-state index in [4.69, 9.17) is 10.2 Å². The highest BCUT2D eigenvalue weighted by atomic mass is 32.1. The van der Waals surface area contributed by atoms with Gasteiger partial charge >= 0.3 is 11.9 Å². The second-order valence-electron chi connectivity index (χ2n) is 6.53. The molecule has 0 saturated carbocycles. The summed E-state index contributed by atoms with van der Waals surface area (Å²) in [5.41, 5.74) is 0. The van der Waals surface area contributed by atoms with E-state index >= 15 is 0 Å². The van der Waals surface area contributed by atoms with E-state index < -0.39 is 11.9 Å². The van der Waals surface area contributed by atoms with Crippen molar-refractivity contribution in [1.29, 1.82) is 0 Å². The average molecular weight is 379 g/mol. The Morgan fingerprint density at radius 2 is 0.760 bits per heavy atom. The van der Waals surface area contributed by atoms with E-state index in [0.717, 1.165) is 25.7 Å². The van der Waals surface area contributed by atoms with Crippen molar-refractivity contribution in [2.75, 3.05) is 0 Å². The Bertz CT molecular complexity index is 255. The van der Waals surface area contributed by atoms with Crippen LogP contribution in [0, 0.1) is 0 Å². The number of carboxylic acid groups (broad SMARTS) is 2. The van der Waals surface area contributed by atoms with E-state index in [1.54, 1.807) is 0 Å². The third-order valence-corrected chi connectivity index (χ3v) is 3.99. The van der Waals surface area contributed by atoms with Crippen molar-refractivity contribution >= 4 is 25.4 Å². The predicted molar refractivity (Wildman–Crippen MR) is 111 cm³/mol. The van der Waals surface area contributed by atoms with Gasteiger partial charge in [0.15, 0.2) is 0 Å². The monoisotopic (exact) mass is 378 g/mol. The fourth-order valence-electron chi connectivity index (χ4n) is 2.47. The van der Waals surface area contributed by atoms with Gasteiger partial charge in [-0.1, -0.05) is 90.9 Å². The molecule has 0 rings (SSSR count). The smallest absolute Gasteiger partial charge is 0.303 e. The van der Waals surface area contributed by atoms with Gasteiger partial charge in [0, 0.05) is 12.8 Å². The molecule has 0 saturated heterocycles. The van der Waals surface area contributed by atoms with Crippen LogP contribution >= 0.6 is 13.5 Å². The van der Waals surface area contributed by atoms with Crippen molar-refractivity contribution in [3.8, 4) is 0 Å². The number of hydrogen-bond donors (Lipinski definition) is 2. The Labute approximate surface area is 162 Å². The number of unbranched alkanes of at least 4 members (excludes halogenated alkanes) is 12. The number of carboxylic acids is 2. The van der Waals surface area contributed by atoms with Gasteiger partial charge in [-0.2, -0.15) is 13.5 Å². The molecule has 152 valence electrons. The topological polar surface area (TPSA) is 74.6 Å². The molecule has 0 heterocycles. The first kappa shape index (κ1) is 29.1. The summed E-state index contributed by atoms with van der Waals surface area (Å²) in [6.45, 7) is 4.40. The minimum absolute atomic E-state index is 0. The molecule has 25 heavy (non-hydrogen) atoms. The summed E-state index contributed by atoms with van der Waals surface area (Å²) < 4.78 is 0. The van der Waals surface area contributed by atoms with Gasteiger partial charge in [0.1, 0.15) is 0 Å². The van der Waals surface area contributed by atoms with Gasteiger partial charge < -0.3 is 10.2 Å². The van der Waals surface area contributed by atoms with Gasteiger partial charge in [-0.05, 0) is 12.8 Å². The van der Waals surface area contributed by atoms with Crippen molar-refractivity contribution in [2.45, 2.75) is 117 Å². The number of aliphatic carboxylic acids is 2. The molecule has 0 amide bonds. The van der Waals surface area contributed by atoms with E-state index in [-0.39, 0.29) is 13.5 Å². The fourth-order valence-corrected chi connectivity index (χ4v) is 2.47. The van der Waals surface area contributed by atoms with Crippen LogP contribution in [0.25, 0.3) is 0 Å². The van der Waals surface area contributed by atoms with Crippen LogP contribution in [-0.4, -0.2) is 22.2 Å². The van der Waals surface area contributed by atoms with Gasteiger partial charge in [-0.15, -0.1) is 0 Å². The Kier molecular flexibility index (Phi) is 29.7. The summed E-state index contributed by atoms with van der Waals surface area (Å²) in [5, 5.41) is 16.7. The summed E-state index contributed by atoms with van der Waals surface area (Å²) in [6, 6.07) is 0. The molecule has 0 spiro atoms. The predicted octanol–water partition coefficient (Wildman–Crippen LogP) is 6.54. The zero-order valence-electron chi connectivity index (χ0n) is 16.5.